The molecular weight excluding hydrogens is 926 g/mol. The van der Waals surface area contributed by atoms with E-state index in [4.69, 9.17) is 49.4 Å². The molecule has 2 aliphatic rings. The van der Waals surface area contributed by atoms with Crippen LogP contribution in [0, 0.1) is 0 Å². The monoisotopic (exact) mass is 971 g/mol. The van der Waals surface area contributed by atoms with Gasteiger partial charge in [0, 0.05) is 109 Å². The summed E-state index contributed by atoms with van der Waals surface area (Å²) in [6, 6.07) is 30.6. The number of halogens is 2. The fraction of sp³-hybridized carbons (Fsp3) is 0.154. The lowest BCUT2D eigenvalue weighted by Gasteiger charge is -2.29. The number of para-hydroxylation sites is 2. The highest BCUT2D eigenvalue weighted by molar-refractivity contribution is 6.34. The molecule has 0 saturated carbocycles. The number of piperazine rings is 1. The fourth-order valence-electron chi connectivity index (χ4n) is 8.02. The number of pyridine rings is 2. The molecule has 10 rings (SSSR count). The van der Waals surface area contributed by atoms with Gasteiger partial charge < -0.3 is 42.0 Å². The van der Waals surface area contributed by atoms with Crippen molar-refractivity contribution in [2.24, 2.45) is 11.5 Å². The Morgan fingerprint density at radius 1 is 0.671 bits per heavy atom. The minimum Gasteiger partial charge on any atom is -0.378 e. The first kappa shape index (κ1) is 47.1. The number of nitrogens with two attached hydrogens (primary N) is 2. The number of hydrogen-bond acceptors (Lipinski definition) is 14. The van der Waals surface area contributed by atoms with Gasteiger partial charge in [-0.1, -0.05) is 66.2 Å². The smallest absolute Gasteiger partial charge is 0.248 e. The second-order valence-electron chi connectivity index (χ2n) is 16.3. The second-order valence-corrected chi connectivity index (χ2v) is 17.1. The number of benzene rings is 4. The van der Waals surface area contributed by atoms with E-state index in [0.717, 1.165) is 101 Å². The predicted octanol–water partition coefficient (Wildman–Crippen LogP) is 8.42. The minimum atomic E-state index is -0.575. The number of carbonyl (C=O) groups excluding carboxylic acids is 2. The summed E-state index contributed by atoms with van der Waals surface area (Å²) in [5.41, 5.74) is 20.3. The maximum Gasteiger partial charge on any atom is 0.248 e. The van der Waals surface area contributed by atoms with Crippen LogP contribution in [-0.4, -0.2) is 94.2 Å². The van der Waals surface area contributed by atoms with Crippen LogP contribution in [0.4, 0.5) is 34.6 Å². The molecule has 0 radical (unpaired) electrons. The van der Waals surface area contributed by atoms with Crippen LogP contribution in [0.5, 0.6) is 0 Å². The number of carbonyl (C=O) groups is 2. The SMILES string of the molecule is C=C(C(N)=O)c1ccnc(-c2cccc3cnc(Nc4ccc(N5CCNCC5)cc4Cl)nc23)c1.NC(=O)C=Cc1ccnc(-c2cccc3cnc(Nc4ccc(N5CCOCC5)cc4Cl)nc23)c1. The Morgan fingerprint density at radius 2 is 1.21 bits per heavy atom. The van der Waals surface area contributed by atoms with Crippen LogP contribution in [0.2, 0.25) is 10.0 Å². The van der Waals surface area contributed by atoms with E-state index in [1.807, 2.05) is 78.9 Å². The second kappa shape index (κ2) is 21.5. The molecule has 2 amide bonds. The zero-order valence-corrected chi connectivity index (χ0v) is 39.3. The molecule has 7 N–H and O–H groups in total. The number of nitrogens with one attached hydrogen (secondary N) is 3. The Hall–Kier alpha value is -8.02. The third-order valence-corrected chi connectivity index (χ3v) is 12.3. The van der Waals surface area contributed by atoms with E-state index in [2.05, 4.69) is 52.3 Å². The molecule has 0 unspecified atom stereocenters. The predicted molar refractivity (Wildman–Crippen MR) is 280 cm³/mol. The standard InChI is InChI=1S/C26H24ClN7O.C26H23ClN6O2/c1-16(25(28)35)17-7-8-30-23(13-17)20-4-2-3-18-15-31-26(33-24(18)20)32-22-6-5-19(14-21(22)27)34-11-9-29-10-12-34;27-21-15-19(33-10-12-35-13-11-33)5-6-22(21)31-26-30-16-18-2-1-3-20(25(18)32-26)23-14-17(8-9-29-23)4-7-24(28)34/h2-8,13-15,29H,1,9-12H2,(H2,28,35)(H,31,32,33);1-9,14-16H,10-13H2,(H2,28,34)(H,30,31,32). The van der Waals surface area contributed by atoms with Crippen molar-refractivity contribution in [1.82, 2.24) is 35.2 Å². The maximum atomic E-state index is 11.6. The molecule has 0 spiro atoms. The van der Waals surface area contributed by atoms with E-state index < -0.39 is 11.8 Å². The number of amides is 2. The van der Waals surface area contributed by atoms with Crippen LogP contribution in [0.15, 0.2) is 135 Å². The van der Waals surface area contributed by atoms with Crippen molar-refractivity contribution in [2.75, 3.05) is 72.9 Å². The lowest BCUT2D eigenvalue weighted by Crippen LogP contribution is -2.43. The number of anilines is 6. The lowest BCUT2D eigenvalue weighted by atomic mass is 10.0. The quantitative estimate of drug-likeness (QED) is 0.0727. The van der Waals surface area contributed by atoms with Gasteiger partial charge >= 0.3 is 0 Å². The number of nitrogens with zero attached hydrogens (tertiary/aromatic N) is 8. The lowest BCUT2D eigenvalue weighted by molar-refractivity contribution is -0.114. The molecule has 0 aliphatic carbocycles. The molecule has 2 aliphatic heterocycles. The van der Waals surface area contributed by atoms with Crippen LogP contribution in [-0.2, 0) is 14.3 Å². The largest absolute Gasteiger partial charge is 0.378 e. The summed E-state index contributed by atoms with van der Waals surface area (Å²) in [6.07, 6.45) is 9.80. The topological polar surface area (TPSA) is 215 Å². The van der Waals surface area contributed by atoms with Gasteiger partial charge in [-0.15, -0.1) is 0 Å². The number of rotatable bonds is 12. The molecular formula is C52H47Cl2N13O3. The summed E-state index contributed by atoms with van der Waals surface area (Å²) in [6.45, 7) is 10.7. The van der Waals surface area contributed by atoms with Gasteiger partial charge in [0.05, 0.1) is 57.1 Å². The summed E-state index contributed by atoms with van der Waals surface area (Å²) in [5.74, 6) is -0.238. The highest BCUT2D eigenvalue weighted by atomic mass is 35.5. The average molecular weight is 973 g/mol. The Bertz CT molecular complexity index is 3290. The third kappa shape index (κ3) is 11.1. The van der Waals surface area contributed by atoms with Gasteiger partial charge in [-0.3, -0.25) is 19.6 Å². The van der Waals surface area contributed by atoms with Crippen molar-refractivity contribution in [3.63, 3.8) is 0 Å². The van der Waals surface area contributed by atoms with Gasteiger partial charge in [-0.05, 0) is 77.9 Å². The van der Waals surface area contributed by atoms with E-state index in [-0.39, 0.29) is 5.57 Å². The molecule has 2 fully saturated rings. The van der Waals surface area contributed by atoms with Gasteiger partial charge in [0.15, 0.2) is 0 Å². The van der Waals surface area contributed by atoms with E-state index in [1.165, 1.54) is 6.08 Å². The van der Waals surface area contributed by atoms with E-state index >= 15 is 0 Å². The Morgan fingerprint density at radius 3 is 1.76 bits per heavy atom. The number of aromatic nitrogens is 6. The number of fused-ring (bicyclic) bond motifs is 2. The Kier molecular flexibility index (Phi) is 14.5. The van der Waals surface area contributed by atoms with Crippen molar-refractivity contribution in [3.05, 3.63) is 156 Å². The first-order chi connectivity index (χ1) is 34.1. The molecule has 8 aromatic rings. The first-order valence-corrected chi connectivity index (χ1v) is 23.1. The highest BCUT2D eigenvalue weighted by Crippen LogP contribution is 2.34. The van der Waals surface area contributed by atoms with Crippen LogP contribution in [0.25, 0.3) is 56.0 Å². The van der Waals surface area contributed by atoms with Gasteiger partial charge in [-0.25, -0.2) is 19.9 Å². The third-order valence-electron chi connectivity index (χ3n) is 11.7. The molecule has 18 heteroatoms. The molecule has 4 aromatic heterocycles. The molecule has 0 atom stereocenters. The molecule has 16 nitrogen and oxygen atoms in total. The summed E-state index contributed by atoms with van der Waals surface area (Å²) in [7, 11) is 0. The van der Waals surface area contributed by atoms with Gasteiger partial charge in [0.1, 0.15) is 0 Å². The van der Waals surface area contributed by atoms with Crippen LogP contribution < -0.4 is 37.2 Å². The molecule has 70 heavy (non-hydrogen) atoms. The number of primary amides is 2. The fourth-order valence-corrected chi connectivity index (χ4v) is 8.46. The Labute approximate surface area is 413 Å². The van der Waals surface area contributed by atoms with E-state index in [9.17, 15) is 9.59 Å². The number of ether oxygens (including phenoxy) is 1. The molecule has 352 valence electrons. The van der Waals surface area contributed by atoms with Crippen molar-refractivity contribution < 1.29 is 14.3 Å². The first-order valence-electron chi connectivity index (χ1n) is 22.4. The van der Waals surface area contributed by atoms with Crippen molar-refractivity contribution in [2.45, 2.75) is 0 Å². The summed E-state index contributed by atoms with van der Waals surface area (Å²) < 4.78 is 5.43. The molecule has 6 heterocycles. The number of hydrogen-bond donors (Lipinski definition) is 5. The van der Waals surface area contributed by atoms with Gasteiger partial charge in [0.25, 0.3) is 0 Å². The maximum absolute atomic E-state index is 11.6. The Balaban J connectivity index is 0.000000174. The van der Waals surface area contributed by atoms with Crippen molar-refractivity contribution >= 4 is 103 Å². The zero-order valence-electron chi connectivity index (χ0n) is 37.8. The van der Waals surface area contributed by atoms with Gasteiger partial charge in [0.2, 0.25) is 23.7 Å². The summed E-state index contributed by atoms with van der Waals surface area (Å²) in [5, 5.41) is 12.7. The highest BCUT2D eigenvalue weighted by Gasteiger charge is 2.17. The zero-order chi connectivity index (χ0) is 48.6. The molecule has 2 saturated heterocycles. The van der Waals surface area contributed by atoms with E-state index in [0.29, 0.717) is 51.9 Å². The van der Waals surface area contributed by atoms with E-state index in [1.54, 1.807) is 49.1 Å². The van der Waals surface area contributed by atoms with Crippen molar-refractivity contribution in [3.8, 4) is 22.5 Å². The van der Waals surface area contributed by atoms with Crippen LogP contribution in [0.3, 0.4) is 0 Å². The summed E-state index contributed by atoms with van der Waals surface area (Å²) in [4.78, 5) is 54.7. The number of morpholine rings is 1. The normalized spacial score (nSPS) is 13.7. The molecule has 4 aromatic carbocycles. The minimum absolute atomic E-state index is 0.227. The summed E-state index contributed by atoms with van der Waals surface area (Å²) >= 11 is 13.2. The average Bonchev–Trinajstić information content (AvgIpc) is 3.39. The van der Waals surface area contributed by atoms with Gasteiger partial charge in [-0.2, -0.15) is 0 Å². The van der Waals surface area contributed by atoms with Crippen LogP contribution in [0.1, 0.15) is 11.1 Å². The van der Waals surface area contributed by atoms with Crippen LogP contribution >= 0.6 is 23.2 Å². The van der Waals surface area contributed by atoms with Crippen molar-refractivity contribution in [1.29, 1.82) is 0 Å². The molecule has 0 bridgehead atoms.